The number of carbonyl (C=O) groups is 2. The average Bonchev–Trinajstić information content (AvgIpc) is 3.45. The van der Waals surface area contributed by atoms with Gasteiger partial charge in [-0.2, -0.15) is 0 Å². The van der Waals surface area contributed by atoms with E-state index in [1.165, 1.54) is 29.2 Å². The summed E-state index contributed by atoms with van der Waals surface area (Å²) in [5, 5.41) is 3.03. The fourth-order valence-electron chi connectivity index (χ4n) is 4.60. The van der Waals surface area contributed by atoms with Gasteiger partial charge in [-0.25, -0.2) is 12.8 Å². The molecule has 0 aromatic heterocycles. The molecule has 0 bridgehead atoms. The summed E-state index contributed by atoms with van der Waals surface area (Å²) in [5.41, 5.74) is 0.951. The molecule has 2 amide bonds. The van der Waals surface area contributed by atoms with Crippen molar-refractivity contribution in [2.24, 2.45) is 0 Å². The molecule has 0 saturated heterocycles. The van der Waals surface area contributed by atoms with Gasteiger partial charge in [0.25, 0.3) is 10.0 Å². The van der Waals surface area contributed by atoms with Gasteiger partial charge in [0, 0.05) is 12.6 Å². The summed E-state index contributed by atoms with van der Waals surface area (Å²) in [5.74, 6) is -1.26. The Kier molecular flexibility index (Phi) is 8.78. The maximum Gasteiger partial charge on any atom is 0.264 e. The lowest BCUT2D eigenvalue weighted by molar-refractivity contribution is -0.139. The molecule has 0 heterocycles. The monoisotopic (exact) mass is 537 g/mol. The summed E-state index contributed by atoms with van der Waals surface area (Å²) < 4.78 is 41.9. The summed E-state index contributed by atoms with van der Waals surface area (Å²) >= 11 is 0. The summed E-state index contributed by atoms with van der Waals surface area (Å²) in [4.78, 5) is 28.4. The van der Waals surface area contributed by atoms with Crippen LogP contribution < -0.4 is 9.62 Å². The maximum absolute atomic E-state index is 13.8. The number of anilines is 1. The molecule has 3 aromatic carbocycles. The van der Waals surface area contributed by atoms with E-state index >= 15 is 0 Å². The number of nitrogens with one attached hydrogen (secondary N) is 1. The topological polar surface area (TPSA) is 86.8 Å². The van der Waals surface area contributed by atoms with Gasteiger partial charge in [0.05, 0.1) is 10.6 Å². The Morgan fingerprint density at radius 1 is 0.921 bits per heavy atom. The summed E-state index contributed by atoms with van der Waals surface area (Å²) in [6.07, 6.45) is 3.87. The maximum atomic E-state index is 13.8. The van der Waals surface area contributed by atoms with E-state index in [-0.39, 0.29) is 23.4 Å². The van der Waals surface area contributed by atoms with Crippen molar-refractivity contribution in [2.45, 2.75) is 56.1 Å². The fraction of sp³-hybridized carbons (Fsp3) is 0.310. The van der Waals surface area contributed by atoms with Crippen molar-refractivity contribution in [3.8, 4) is 0 Å². The Labute approximate surface area is 223 Å². The van der Waals surface area contributed by atoms with Crippen molar-refractivity contribution in [1.29, 1.82) is 0 Å². The Morgan fingerprint density at radius 3 is 2.11 bits per heavy atom. The molecule has 0 spiro atoms. The highest BCUT2D eigenvalue weighted by Crippen LogP contribution is 2.24. The highest BCUT2D eigenvalue weighted by atomic mass is 32.2. The second-order valence-corrected chi connectivity index (χ2v) is 11.3. The first-order valence-corrected chi connectivity index (χ1v) is 14.2. The second kappa shape index (κ2) is 12.2. The van der Waals surface area contributed by atoms with E-state index in [2.05, 4.69) is 5.32 Å². The largest absolute Gasteiger partial charge is 0.352 e. The average molecular weight is 538 g/mol. The Morgan fingerprint density at radius 2 is 1.50 bits per heavy atom. The van der Waals surface area contributed by atoms with Crippen molar-refractivity contribution in [3.05, 3.63) is 96.3 Å². The van der Waals surface area contributed by atoms with Crippen LogP contribution in [0.3, 0.4) is 0 Å². The van der Waals surface area contributed by atoms with E-state index in [4.69, 9.17) is 0 Å². The zero-order valence-corrected chi connectivity index (χ0v) is 22.1. The number of para-hydroxylation sites is 1. The quantitative estimate of drug-likeness (QED) is 0.413. The van der Waals surface area contributed by atoms with Crippen LogP contribution in [0.4, 0.5) is 10.1 Å². The number of benzene rings is 3. The lowest BCUT2D eigenvalue weighted by atomic mass is 10.1. The number of hydrogen-bond acceptors (Lipinski definition) is 4. The van der Waals surface area contributed by atoms with Gasteiger partial charge in [-0.1, -0.05) is 61.4 Å². The third-order valence-electron chi connectivity index (χ3n) is 6.79. The van der Waals surface area contributed by atoms with Crippen LogP contribution in [0.5, 0.6) is 0 Å². The van der Waals surface area contributed by atoms with Gasteiger partial charge in [0.2, 0.25) is 11.8 Å². The van der Waals surface area contributed by atoms with E-state index < -0.39 is 34.3 Å². The van der Waals surface area contributed by atoms with Crippen molar-refractivity contribution < 1.29 is 22.4 Å². The highest BCUT2D eigenvalue weighted by molar-refractivity contribution is 7.92. The molecule has 1 saturated carbocycles. The molecule has 3 aromatic rings. The van der Waals surface area contributed by atoms with E-state index in [0.717, 1.165) is 30.0 Å². The minimum absolute atomic E-state index is 0.0202. The minimum Gasteiger partial charge on any atom is -0.352 e. The number of hydrogen-bond donors (Lipinski definition) is 1. The molecule has 1 aliphatic rings. The lowest BCUT2D eigenvalue weighted by Gasteiger charge is -2.32. The van der Waals surface area contributed by atoms with Crippen LogP contribution >= 0.6 is 0 Å². The SMILES string of the molecule is C[C@H](C(=O)NC1CCCC1)N(Cc1ccc(F)cc1)C(=O)CN(c1ccccc1)S(=O)(=O)c1ccccc1. The second-order valence-electron chi connectivity index (χ2n) is 9.47. The van der Waals surface area contributed by atoms with Crippen molar-refractivity contribution in [2.75, 3.05) is 10.8 Å². The molecule has 200 valence electrons. The Balaban J connectivity index is 1.65. The van der Waals surface area contributed by atoms with Crippen molar-refractivity contribution in [3.63, 3.8) is 0 Å². The predicted octanol–water partition coefficient (Wildman–Crippen LogP) is 4.50. The number of halogens is 1. The molecule has 1 N–H and O–H groups in total. The molecule has 1 atom stereocenters. The van der Waals surface area contributed by atoms with Gasteiger partial charge in [-0.15, -0.1) is 0 Å². The van der Waals surface area contributed by atoms with Gasteiger partial charge < -0.3 is 10.2 Å². The molecule has 7 nitrogen and oxygen atoms in total. The van der Waals surface area contributed by atoms with Crippen LogP contribution in [0.2, 0.25) is 0 Å². The number of rotatable bonds is 10. The van der Waals surface area contributed by atoms with Crippen LogP contribution in [0, 0.1) is 5.82 Å². The molecule has 1 aliphatic carbocycles. The van der Waals surface area contributed by atoms with E-state index in [0.29, 0.717) is 11.3 Å². The van der Waals surface area contributed by atoms with Crippen LogP contribution in [-0.4, -0.2) is 43.8 Å². The zero-order chi connectivity index (χ0) is 27.1. The van der Waals surface area contributed by atoms with Crippen LogP contribution in [0.1, 0.15) is 38.2 Å². The summed E-state index contributed by atoms with van der Waals surface area (Å²) in [7, 11) is -4.09. The van der Waals surface area contributed by atoms with Crippen LogP contribution in [0.25, 0.3) is 0 Å². The van der Waals surface area contributed by atoms with Gasteiger partial charge in [0.1, 0.15) is 18.4 Å². The molecule has 0 aliphatic heterocycles. The van der Waals surface area contributed by atoms with E-state index in [1.54, 1.807) is 67.6 Å². The smallest absolute Gasteiger partial charge is 0.264 e. The number of carbonyl (C=O) groups excluding carboxylic acids is 2. The summed E-state index contributed by atoms with van der Waals surface area (Å²) in [6, 6.07) is 21.2. The van der Waals surface area contributed by atoms with Crippen LogP contribution in [0.15, 0.2) is 89.8 Å². The van der Waals surface area contributed by atoms with Crippen LogP contribution in [-0.2, 0) is 26.2 Å². The first-order valence-electron chi connectivity index (χ1n) is 12.7. The third kappa shape index (κ3) is 6.58. The van der Waals surface area contributed by atoms with E-state index in [1.807, 2.05) is 0 Å². The molecule has 1 fully saturated rings. The number of sulfonamides is 1. The third-order valence-corrected chi connectivity index (χ3v) is 8.58. The minimum atomic E-state index is -4.09. The fourth-order valence-corrected chi connectivity index (χ4v) is 6.04. The Bertz CT molecular complexity index is 1330. The number of amides is 2. The van der Waals surface area contributed by atoms with Crippen molar-refractivity contribution in [1.82, 2.24) is 10.2 Å². The molecule has 0 radical (unpaired) electrons. The number of nitrogens with zero attached hydrogens (tertiary/aromatic N) is 2. The van der Waals surface area contributed by atoms with Gasteiger partial charge in [0.15, 0.2) is 0 Å². The first kappa shape index (κ1) is 27.3. The summed E-state index contributed by atoms with van der Waals surface area (Å²) in [6.45, 7) is 1.14. The van der Waals surface area contributed by atoms with Gasteiger partial charge in [-0.05, 0) is 61.7 Å². The Hall–Kier alpha value is -3.72. The van der Waals surface area contributed by atoms with Gasteiger partial charge in [-0.3, -0.25) is 13.9 Å². The molecule has 0 unspecified atom stereocenters. The molecule has 4 rings (SSSR count). The lowest BCUT2D eigenvalue weighted by Crippen LogP contribution is -2.52. The molecule has 9 heteroatoms. The van der Waals surface area contributed by atoms with Crippen molar-refractivity contribution >= 4 is 27.5 Å². The first-order chi connectivity index (χ1) is 18.3. The standard InChI is InChI=1S/C29H32FN3O4S/c1-22(29(35)31-25-10-8-9-11-25)32(20-23-16-18-24(30)19-17-23)28(34)21-33(26-12-4-2-5-13-26)38(36,37)27-14-6-3-7-15-27/h2-7,12-19,22,25H,8-11,20-21H2,1H3,(H,31,35)/t22-/m1/s1. The highest BCUT2D eigenvalue weighted by Gasteiger charge is 2.33. The molecular weight excluding hydrogens is 505 g/mol. The van der Waals surface area contributed by atoms with E-state index in [9.17, 15) is 22.4 Å². The molecule has 38 heavy (non-hydrogen) atoms. The normalized spacial score (nSPS) is 14.6. The molecular formula is C29H32FN3O4S. The zero-order valence-electron chi connectivity index (χ0n) is 21.3. The predicted molar refractivity (Wildman–Crippen MR) is 144 cm³/mol. The van der Waals surface area contributed by atoms with Gasteiger partial charge >= 0.3 is 0 Å².